The Bertz CT molecular complexity index is 580. The lowest BCUT2D eigenvalue weighted by molar-refractivity contribution is 0.475. The van der Waals surface area contributed by atoms with Crippen molar-refractivity contribution in [2.24, 2.45) is 7.05 Å². The molecule has 1 aromatic heterocycles. The van der Waals surface area contributed by atoms with Crippen molar-refractivity contribution in [3.63, 3.8) is 0 Å². The molecule has 0 unspecified atom stereocenters. The number of halogens is 1. The molecule has 0 amide bonds. The summed E-state index contributed by atoms with van der Waals surface area (Å²) in [4.78, 5) is 6.30. The molecule has 1 aromatic carbocycles. The second kappa shape index (κ2) is 5.40. The van der Waals surface area contributed by atoms with Gasteiger partial charge >= 0.3 is 0 Å². The number of aromatic nitrogens is 2. The number of hydrogen-bond acceptors (Lipinski definition) is 4. The maximum absolute atomic E-state index is 9.36. The van der Waals surface area contributed by atoms with Gasteiger partial charge in [0.25, 0.3) is 0 Å². The number of imidazole rings is 1. The second-order valence-electron chi connectivity index (χ2n) is 4.52. The van der Waals surface area contributed by atoms with Crippen molar-refractivity contribution in [3.05, 3.63) is 35.1 Å². The van der Waals surface area contributed by atoms with Gasteiger partial charge in [0.2, 0.25) is 5.95 Å². The summed E-state index contributed by atoms with van der Waals surface area (Å²) in [6, 6.07) is 5.05. The van der Waals surface area contributed by atoms with Crippen LogP contribution in [-0.2, 0) is 13.6 Å². The second-order valence-corrected chi connectivity index (χ2v) is 4.93. The van der Waals surface area contributed by atoms with E-state index in [1.165, 1.54) is 0 Å². The molecular formula is C13H17ClN4O. The van der Waals surface area contributed by atoms with Gasteiger partial charge in [-0.05, 0) is 18.2 Å². The van der Waals surface area contributed by atoms with Crippen LogP contribution in [-0.4, -0.2) is 28.8 Å². The Morgan fingerprint density at radius 1 is 1.42 bits per heavy atom. The van der Waals surface area contributed by atoms with Crippen LogP contribution in [0.5, 0.6) is 5.75 Å². The SMILES string of the molecule is CN(C)c1ncc(CNc2ccc(O)c(Cl)c2)n1C. The molecule has 0 fully saturated rings. The van der Waals surface area contributed by atoms with Crippen molar-refractivity contribution in [1.82, 2.24) is 9.55 Å². The first-order chi connectivity index (χ1) is 8.99. The average Bonchev–Trinajstić information content (AvgIpc) is 2.72. The van der Waals surface area contributed by atoms with Gasteiger partial charge < -0.3 is 19.9 Å². The van der Waals surface area contributed by atoms with Crippen LogP contribution in [0.4, 0.5) is 11.6 Å². The van der Waals surface area contributed by atoms with E-state index in [-0.39, 0.29) is 5.75 Å². The van der Waals surface area contributed by atoms with E-state index in [2.05, 4.69) is 10.3 Å². The van der Waals surface area contributed by atoms with Gasteiger partial charge in [-0.15, -0.1) is 0 Å². The third kappa shape index (κ3) is 2.93. The fraction of sp³-hybridized carbons (Fsp3) is 0.308. The summed E-state index contributed by atoms with van der Waals surface area (Å²) < 4.78 is 2.02. The summed E-state index contributed by atoms with van der Waals surface area (Å²) in [5, 5.41) is 12.9. The van der Waals surface area contributed by atoms with Crippen molar-refractivity contribution < 1.29 is 5.11 Å². The van der Waals surface area contributed by atoms with Crippen LogP contribution in [0.25, 0.3) is 0 Å². The monoisotopic (exact) mass is 280 g/mol. The molecule has 2 aromatic rings. The van der Waals surface area contributed by atoms with E-state index >= 15 is 0 Å². The van der Waals surface area contributed by atoms with Crippen LogP contribution in [0.2, 0.25) is 5.02 Å². The Kier molecular flexibility index (Phi) is 3.85. The summed E-state index contributed by atoms with van der Waals surface area (Å²) in [6.45, 7) is 0.637. The molecule has 19 heavy (non-hydrogen) atoms. The van der Waals surface area contributed by atoms with Gasteiger partial charge in [-0.25, -0.2) is 4.98 Å². The molecular weight excluding hydrogens is 264 g/mol. The smallest absolute Gasteiger partial charge is 0.204 e. The molecule has 2 N–H and O–H groups in total. The standard InChI is InChI=1S/C13H17ClN4O/c1-17(2)13-16-8-10(18(13)3)7-15-9-4-5-12(19)11(14)6-9/h4-6,8,15,19H,7H2,1-3H3. The minimum Gasteiger partial charge on any atom is -0.506 e. The van der Waals surface area contributed by atoms with Gasteiger partial charge in [0, 0.05) is 26.8 Å². The molecule has 0 spiro atoms. The summed E-state index contributed by atoms with van der Waals surface area (Å²) in [5.41, 5.74) is 1.92. The first kappa shape index (κ1) is 13.5. The fourth-order valence-electron chi connectivity index (χ4n) is 1.82. The fourth-order valence-corrected chi connectivity index (χ4v) is 2.00. The number of nitrogens with zero attached hydrogens (tertiary/aromatic N) is 3. The zero-order valence-electron chi connectivity index (χ0n) is 11.2. The topological polar surface area (TPSA) is 53.3 Å². The van der Waals surface area contributed by atoms with Gasteiger partial charge in [-0.2, -0.15) is 0 Å². The first-order valence-electron chi connectivity index (χ1n) is 5.89. The molecule has 0 bridgehead atoms. The predicted octanol–water partition coefficient (Wildman–Crippen LogP) is 2.46. The normalized spacial score (nSPS) is 10.5. The van der Waals surface area contributed by atoms with Gasteiger partial charge in [-0.3, -0.25) is 0 Å². The van der Waals surface area contributed by atoms with Gasteiger partial charge in [-0.1, -0.05) is 11.6 Å². The highest BCUT2D eigenvalue weighted by Gasteiger charge is 2.08. The molecule has 102 valence electrons. The molecule has 0 atom stereocenters. The molecule has 5 nitrogen and oxygen atoms in total. The number of anilines is 2. The molecule has 0 aliphatic heterocycles. The zero-order chi connectivity index (χ0) is 14.0. The molecule has 0 saturated heterocycles. The minimum atomic E-state index is 0.0858. The maximum Gasteiger partial charge on any atom is 0.204 e. The van der Waals surface area contributed by atoms with Crippen LogP contribution < -0.4 is 10.2 Å². The van der Waals surface area contributed by atoms with Gasteiger partial charge in [0.1, 0.15) is 5.75 Å². The number of phenols is 1. The van der Waals surface area contributed by atoms with Crippen molar-refractivity contribution in [2.45, 2.75) is 6.54 Å². The summed E-state index contributed by atoms with van der Waals surface area (Å²) in [5.74, 6) is 0.989. The Morgan fingerprint density at radius 3 is 2.74 bits per heavy atom. The van der Waals surface area contributed by atoms with Gasteiger partial charge in [0.05, 0.1) is 23.5 Å². The number of rotatable bonds is 4. The molecule has 1 heterocycles. The number of hydrogen-bond donors (Lipinski definition) is 2. The van der Waals surface area contributed by atoms with Gasteiger partial charge in [0.15, 0.2) is 0 Å². The van der Waals surface area contributed by atoms with E-state index in [4.69, 9.17) is 11.6 Å². The molecule has 0 radical (unpaired) electrons. The summed E-state index contributed by atoms with van der Waals surface area (Å²) in [6.07, 6.45) is 1.84. The number of phenolic OH excluding ortho intramolecular Hbond substituents is 1. The van der Waals surface area contributed by atoms with Crippen LogP contribution in [0.3, 0.4) is 0 Å². The molecule has 0 aliphatic rings. The van der Waals surface area contributed by atoms with E-state index in [0.717, 1.165) is 17.3 Å². The highest BCUT2D eigenvalue weighted by atomic mass is 35.5. The highest BCUT2D eigenvalue weighted by Crippen LogP contribution is 2.26. The zero-order valence-corrected chi connectivity index (χ0v) is 11.9. The minimum absolute atomic E-state index is 0.0858. The Labute approximate surface area is 117 Å². The van der Waals surface area contributed by atoms with Crippen molar-refractivity contribution >= 4 is 23.2 Å². The number of nitrogens with one attached hydrogen (secondary N) is 1. The summed E-state index contributed by atoms with van der Waals surface area (Å²) in [7, 11) is 5.89. The lowest BCUT2D eigenvalue weighted by atomic mass is 10.3. The maximum atomic E-state index is 9.36. The van der Waals surface area contributed by atoms with Crippen molar-refractivity contribution in [3.8, 4) is 5.75 Å². The van der Waals surface area contributed by atoms with E-state index in [9.17, 15) is 5.11 Å². The number of benzene rings is 1. The van der Waals surface area contributed by atoms with Crippen LogP contribution in [0.15, 0.2) is 24.4 Å². The average molecular weight is 281 g/mol. The predicted molar refractivity (Wildman–Crippen MR) is 78.0 cm³/mol. The quantitative estimate of drug-likeness (QED) is 0.845. The molecule has 2 rings (SSSR count). The van der Waals surface area contributed by atoms with E-state index in [0.29, 0.717) is 11.6 Å². The molecule has 0 aliphatic carbocycles. The highest BCUT2D eigenvalue weighted by molar-refractivity contribution is 6.32. The van der Waals surface area contributed by atoms with Crippen molar-refractivity contribution in [1.29, 1.82) is 0 Å². The largest absolute Gasteiger partial charge is 0.506 e. The Balaban J connectivity index is 2.08. The Morgan fingerprint density at radius 2 is 2.16 bits per heavy atom. The van der Waals surface area contributed by atoms with Crippen LogP contribution in [0, 0.1) is 0 Å². The lowest BCUT2D eigenvalue weighted by Gasteiger charge is -2.13. The van der Waals surface area contributed by atoms with E-state index in [1.807, 2.05) is 36.8 Å². The third-order valence-electron chi connectivity index (χ3n) is 2.88. The summed E-state index contributed by atoms with van der Waals surface area (Å²) >= 11 is 5.86. The molecule has 6 heteroatoms. The van der Waals surface area contributed by atoms with Crippen molar-refractivity contribution in [2.75, 3.05) is 24.3 Å². The Hall–Kier alpha value is -1.88. The third-order valence-corrected chi connectivity index (χ3v) is 3.18. The number of aromatic hydroxyl groups is 1. The lowest BCUT2D eigenvalue weighted by Crippen LogP contribution is -2.15. The molecule has 0 saturated carbocycles. The first-order valence-corrected chi connectivity index (χ1v) is 6.27. The van der Waals surface area contributed by atoms with Crippen LogP contribution >= 0.6 is 11.6 Å². The van der Waals surface area contributed by atoms with Crippen LogP contribution in [0.1, 0.15) is 5.69 Å². The van der Waals surface area contributed by atoms with E-state index in [1.54, 1.807) is 18.2 Å². The van der Waals surface area contributed by atoms with E-state index < -0.39 is 0 Å².